The molecule has 1 aliphatic heterocycles. The lowest BCUT2D eigenvalue weighted by Gasteiger charge is -2.11. The largest absolute Gasteiger partial charge is 0.465 e. The third-order valence-electron chi connectivity index (χ3n) is 5.20. The zero-order valence-electron chi connectivity index (χ0n) is 15.7. The van der Waals surface area contributed by atoms with Crippen molar-refractivity contribution in [2.24, 2.45) is 0 Å². The van der Waals surface area contributed by atoms with Crippen LogP contribution in [0.4, 0.5) is 5.69 Å². The maximum atomic E-state index is 12.0. The number of rotatable bonds is 2. The van der Waals surface area contributed by atoms with E-state index in [1.165, 1.54) is 7.11 Å². The number of hydrogen-bond acceptors (Lipinski definition) is 3. The molecular weight excluding hydrogens is 364 g/mol. The summed E-state index contributed by atoms with van der Waals surface area (Å²) in [6, 6.07) is 15.3. The van der Waals surface area contributed by atoms with Crippen LogP contribution in [0, 0.1) is 6.57 Å². The zero-order chi connectivity index (χ0) is 20.0. The van der Waals surface area contributed by atoms with Crippen molar-refractivity contribution in [3.8, 4) is 28.3 Å². The van der Waals surface area contributed by atoms with Gasteiger partial charge in [-0.2, -0.15) is 0 Å². The molecule has 2 aromatic heterocycles. The van der Waals surface area contributed by atoms with E-state index in [1.807, 2.05) is 47.2 Å². The summed E-state index contributed by atoms with van der Waals surface area (Å²) in [4.78, 5) is 20.0. The maximum absolute atomic E-state index is 12.0. The molecule has 6 nitrogen and oxygen atoms in total. The summed E-state index contributed by atoms with van der Waals surface area (Å²) >= 11 is 0. The first-order valence-corrected chi connectivity index (χ1v) is 9.11. The molecule has 0 bridgehead atoms. The summed E-state index contributed by atoms with van der Waals surface area (Å²) in [5.74, 6) is 0.495. The van der Waals surface area contributed by atoms with Gasteiger partial charge in [0.1, 0.15) is 0 Å². The van der Waals surface area contributed by atoms with Crippen molar-refractivity contribution in [3.05, 3.63) is 89.7 Å². The molecule has 0 atom stereocenters. The number of hydrogen-bond donors (Lipinski definition) is 0. The van der Waals surface area contributed by atoms with Crippen LogP contribution >= 0.6 is 0 Å². The highest BCUT2D eigenvalue weighted by Crippen LogP contribution is 2.34. The minimum Gasteiger partial charge on any atom is -0.465 e. The highest BCUT2D eigenvalue weighted by atomic mass is 16.5. The topological polar surface area (TPSA) is 53.4 Å². The highest BCUT2D eigenvalue weighted by Gasteiger charge is 2.22. The highest BCUT2D eigenvalue weighted by molar-refractivity contribution is 5.90. The van der Waals surface area contributed by atoms with E-state index >= 15 is 0 Å². The maximum Gasteiger partial charge on any atom is 0.337 e. The SMILES string of the molecule is [C-]#[N+]c1ccc(-c2cc3n(c2)Cc2cc(C(=O)OC)ccc2-n2ccnc2-3)cc1. The Labute approximate surface area is 167 Å². The lowest BCUT2D eigenvalue weighted by molar-refractivity contribution is 0.0600. The van der Waals surface area contributed by atoms with Gasteiger partial charge in [0.2, 0.25) is 0 Å². The Bertz CT molecular complexity index is 1290. The molecule has 0 saturated carbocycles. The Hall–Kier alpha value is -4.11. The second-order valence-corrected chi connectivity index (χ2v) is 6.86. The predicted molar refractivity (Wildman–Crippen MR) is 109 cm³/mol. The van der Waals surface area contributed by atoms with Crippen LogP contribution in [0.2, 0.25) is 0 Å². The molecule has 0 radical (unpaired) electrons. The number of carbonyl (C=O) groups is 1. The average Bonchev–Trinajstić information content (AvgIpc) is 3.38. The van der Waals surface area contributed by atoms with E-state index in [-0.39, 0.29) is 5.97 Å². The molecule has 0 spiro atoms. The van der Waals surface area contributed by atoms with E-state index in [4.69, 9.17) is 11.3 Å². The second kappa shape index (κ2) is 6.50. The van der Waals surface area contributed by atoms with Gasteiger partial charge in [0.05, 0.1) is 30.6 Å². The van der Waals surface area contributed by atoms with Gasteiger partial charge in [0.25, 0.3) is 0 Å². The number of imidazole rings is 1. The van der Waals surface area contributed by atoms with Crippen LogP contribution in [0.1, 0.15) is 15.9 Å². The summed E-state index contributed by atoms with van der Waals surface area (Å²) in [6.07, 6.45) is 5.79. The smallest absolute Gasteiger partial charge is 0.337 e. The van der Waals surface area contributed by atoms with Crippen LogP contribution < -0.4 is 0 Å². The molecule has 0 amide bonds. The van der Waals surface area contributed by atoms with Gasteiger partial charge < -0.3 is 9.30 Å². The molecule has 140 valence electrons. The molecule has 0 unspecified atom stereocenters. The predicted octanol–water partition coefficient (Wildman–Crippen LogP) is 4.71. The number of benzene rings is 2. The zero-order valence-corrected chi connectivity index (χ0v) is 15.7. The minimum atomic E-state index is -0.351. The van der Waals surface area contributed by atoms with Crippen molar-refractivity contribution < 1.29 is 9.53 Å². The quantitative estimate of drug-likeness (QED) is 0.329. The van der Waals surface area contributed by atoms with Gasteiger partial charge in [-0.1, -0.05) is 24.3 Å². The van der Waals surface area contributed by atoms with Crippen LogP contribution in [0.15, 0.2) is 67.1 Å². The molecular formula is C23H16N4O2. The Morgan fingerprint density at radius 2 is 1.97 bits per heavy atom. The third-order valence-corrected chi connectivity index (χ3v) is 5.20. The molecule has 4 aromatic rings. The second-order valence-electron chi connectivity index (χ2n) is 6.86. The van der Waals surface area contributed by atoms with Gasteiger partial charge in [0.15, 0.2) is 11.5 Å². The van der Waals surface area contributed by atoms with Crippen molar-refractivity contribution in [1.29, 1.82) is 0 Å². The van der Waals surface area contributed by atoms with E-state index in [0.717, 1.165) is 33.9 Å². The lowest BCUT2D eigenvalue weighted by atomic mass is 10.1. The summed E-state index contributed by atoms with van der Waals surface area (Å²) in [7, 11) is 1.39. The van der Waals surface area contributed by atoms with Crippen molar-refractivity contribution in [3.63, 3.8) is 0 Å². The van der Waals surface area contributed by atoms with E-state index < -0.39 is 0 Å². The van der Waals surface area contributed by atoms with Crippen molar-refractivity contribution in [2.75, 3.05) is 7.11 Å². The first kappa shape index (κ1) is 17.0. The fraction of sp³-hybridized carbons (Fsp3) is 0.0870. The molecule has 0 fully saturated rings. The summed E-state index contributed by atoms with van der Waals surface area (Å²) in [5, 5.41) is 0. The molecule has 29 heavy (non-hydrogen) atoms. The van der Waals surface area contributed by atoms with Gasteiger partial charge in [-0.15, -0.1) is 0 Å². The fourth-order valence-corrected chi connectivity index (χ4v) is 3.78. The molecule has 2 aromatic carbocycles. The number of aromatic nitrogens is 3. The number of fused-ring (bicyclic) bond motifs is 5. The molecule has 1 aliphatic rings. The lowest BCUT2D eigenvalue weighted by Crippen LogP contribution is -2.05. The Morgan fingerprint density at radius 3 is 2.72 bits per heavy atom. The summed E-state index contributed by atoms with van der Waals surface area (Å²) in [6.45, 7) is 7.73. The van der Waals surface area contributed by atoms with Crippen LogP contribution in [-0.4, -0.2) is 27.2 Å². The Balaban J connectivity index is 1.65. The first-order chi connectivity index (χ1) is 14.2. The van der Waals surface area contributed by atoms with Crippen molar-refractivity contribution in [2.45, 2.75) is 6.54 Å². The van der Waals surface area contributed by atoms with E-state index in [9.17, 15) is 4.79 Å². The summed E-state index contributed by atoms with van der Waals surface area (Å²) < 4.78 is 9.06. The molecule has 0 aliphatic carbocycles. The van der Waals surface area contributed by atoms with E-state index in [1.54, 1.807) is 12.3 Å². The first-order valence-electron chi connectivity index (χ1n) is 9.11. The Kier molecular flexibility index (Phi) is 3.81. The molecule has 0 saturated heterocycles. The van der Waals surface area contributed by atoms with Crippen molar-refractivity contribution in [1.82, 2.24) is 14.1 Å². The van der Waals surface area contributed by atoms with Gasteiger partial charge in [0, 0.05) is 30.7 Å². The summed E-state index contributed by atoms with van der Waals surface area (Å²) in [5.41, 5.74) is 6.24. The molecule has 5 rings (SSSR count). The van der Waals surface area contributed by atoms with E-state index in [2.05, 4.69) is 26.7 Å². The number of esters is 1. The third kappa shape index (κ3) is 2.72. The standard InChI is InChI=1S/C23H16N4O2/c1-24-19-6-3-15(4-7-19)17-12-21-22-25-9-10-27(22)20-8-5-16(23(28)29-2)11-18(20)14-26(21)13-17/h3-13H,14H2,2H3. The number of nitrogens with zero attached hydrogens (tertiary/aromatic N) is 4. The van der Waals surface area contributed by atoms with Gasteiger partial charge >= 0.3 is 5.97 Å². The monoisotopic (exact) mass is 380 g/mol. The van der Waals surface area contributed by atoms with Gasteiger partial charge in [-0.05, 0) is 35.4 Å². The van der Waals surface area contributed by atoms with Gasteiger partial charge in [-0.25, -0.2) is 14.6 Å². The average molecular weight is 380 g/mol. The number of ether oxygens (including phenoxy) is 1. The van der Waals surface area contributed by atoms with E-state index in [0.29, 0.717) is 17.8 Å². The van der Waals surface area contributed by atoms with Crippen molar-refractivity contribution >= 4 is 11.7 Å². The molecule has 6 heteroatoms. The van der Waals surface area contributed by atoms with Crippen LogP contribution in [0.3, 0.4) is 0 Å². The van der Waals surface area contributed by atoms with Crippen LogP contribution in [0.25, 0.3) is 33.2 Å². The van der Waals surface area contributed by atoms with Crippen LogP contribution in [-0.2, 0) is 11.3 Å². The normalized spacial score (nSPS) is 11.6. The van der Waals surface area contributed by atoms with Gasteiger partial charge in [-0.3, -0.25) is 4.57 Å². The number of methoxy groups -OCH3 is 1. The minimum absolute atomic E-state index is 0.351. The Morgan fingerprint density at radius 1 is 1.14 bits per heavy atom. The molecule has 3 heterocycles. The van der Waals surface area contributed by atoms with Crippen LogP contribution in [0.5, 0.6) is 0 Å². The molecule has 0 N–H and O–H groups in total. The number of carbonyl (C=O) groups excluding carboxylic acids is 1. The fourth-order valence-electron chi connectivity index (χ4n) is 3.78.